The number of anilines is 1. The van der Waals surface area contributed by atoms with E-state index < -0.39 is 11.8 Å². The number of carbonyl (C=O) groups is 1. The predicted molar refractivity (Wildman–Crippen MR) is 80.5 cm³/mol. The van der Waals surface area contributed by atoms with Crippen LogP contribution in [0.4, 0.5) is 14.9 Å². The lowest BCUT2D eigenvalue weighted by atomic mass is 10.2. The molecule has 1 aromatic carbocycles. The second-order valence-corrected chi connectivity index (χ2v) is 5.04. The van der Waals surface area contributed by atoms with Crippen molar-refractivity contribution in [3.8, 4) is 11.8 Å². The van der Waals surface area contributed by atoms with Gasteiger partial charge in [-0.25, -0.2) is 9.18 Å². The zero-order valence-corrected chi connectivity index (χ0v) is 11.8. The number of carbonyl (C=O) groups excluding carboxylic acids is 1. The van der Waals surface area contributed by atoms with Gasteiger partial charge < -0.3 is 15.7 Å². The quantitative estimate of drug-likeness (QED) is 0.763. The molecule has 0 bridgehead atoms. The predicted octanol–water partition coefficient (Wildman–Crippen LogP) is 2.55. The van der Waals surface area contributed by atoms with E-state index >= 15 is 0 Å². The van der Waals surface area contributed by atoms with Gasteiger partial charge in [0.05, 0.1) is 6.54 Å². The molecule has 0 spiro atoms. The number of aliphatic hydroxyl groups excluding tert-OH is 1. The van der Waals surface area contributed by atoms with E-state index in [0.717, 1.165) is 10.4 Å². The molecule has 0 aliphatic rings. The van der Waals surface area contributed by atoms with E-state index in [4.69, 9.17) is 5.11 Å². The van der Waals surface area contributed by atoms with Crippen molar-refractivity contribution in [2.75, 3.05) is 11.9 Å². The molecule has 4 nitrogen and oxygen atoms in total. The van der Waals surface area contributed by atoms with E-state index in [2.05, 4.69) is 22.5 Å². The average molecular weight is 304 g/mol. The minimum Gasteiger partial charge on any atom is -0.384 e. The van der Waals surface area contributed by atoms with Gasteiger partial charge in [0.2, 0.25) is 0 Å². The maximum atomic E-state index is 13.0. The van der Waals surface area contributed by atoms with Gasteiger partial charge in [0.25, 0.3) is 0 Å². The number of nitrogens with one attached hydrogen (secondary N) is 2. The van der Waals surface area contributed by atoms with Gasteiger partial charge in [-0.15, -0.1) is 11.3 Å². The molecule has 0 fully saturated rings. The zero-order valence-electron chi connectivity index (χ0n) is 11.0. The normalized spacial score (nSPS) is 9.62. The highest BCUT2D eigenvalue weighted by Gasteiger charge is 2.06. The number of hydrogen-bond acceptors (Lipinski definition) is 3. The van der Waals surface area contributed by atoms with E-state index in [-0.39, 0.29) is 6.61 Å². The van der Waals surface area contributed by atoms with Crippen molar-refractivity contribution >= 4 is 23.1 Å². The molecule has 0 aliphatic heterocycles. The summed E-state index contributed by atoms with van der Waals surface area (Å²) in [4.78, 5) is 12.6. The van der Waals surface area contributed by atoms with Crippen molar-refractivity contribution in [3.63, 3.8) is 0 Å². The minimum atomic E-state index is -0.421. The number of urea groups is 1. The van der Waals surface area contributed by atoms with E-state index in [0.29, 0.717) is 12.2 Å². The van der Waals surface area contributed by atoms with Gasteiger partial charge in [0, 0.05) is 16.1 Å². The fraction of sp³-hybridized carbons (Fsp3) is 0.133. The Kier molecular flexibility index (Phi) is 5.32. The molecule has 6 heteroatoms. The van der Waals surface area contributed by atoms with Gasteiger partial charge in [0.1, 0.15) is 12.4 Å². The maximum Gasteiger partial charge on any atom is 0.319 e. The van der Waals surface area contributed by atoms with E-state index in [1.54, 1.807) is 6.07 Å². The average Bonchev–Trinajstić information content (AvgIpc) is 2.90. The summed E-state index contributed by atoms with van der Waals surface area (Å²) in [5.74, 6) is 4.97. The highest BCUT2D eigenvalue weighted by atomic mass is 32.1. The maximum absolute atomic E-state index is 13.0. The molecule has 108 valence electrons. The standard InChI is InChI=1S/C15H13FN2O2S/c16-12-4-1-5-13(9-12)18-15(20)17-10-14-11(3-2-7-19)6-8-21-14/h1,4-6,8-9,19H,7,10H2,(H2,17,18,20). The second kappa shape index (κ2) is 7.43. The van der Waals surface area contributed by atoms with Gasteiger partial charge in [-0.1, -0.05) is 17.9 Å². The van der Waals surface area contributed by atoms with Gasteiger partial charge in [-0.05, 0) is 29.6 Å². The smallest absolute Gasteiger partial charge is 0.319 e. The topological polar surface area (TPSA) is 61.4 Å². The number of aliphatic hydroxyl groups is 1. The molecule has 1 aromatic heterocycles. The molecule has 1 heterocycles. The number of amides is 2. The Morgan fingerprint density at radius 1 is 1.38 bits per heavy atom. The SMILES string of the molecule is O=C(NCc1sccc1C#CCO)Nc1cccc(F)c1. The van der Waals surface area contributed by atoms with Crippen LogP contribution >= 0.6 is 11.3 Å². The van der Waals surface area contributed by atoms with Crippen molar-refractivity contribution in [2.45, 2.75) is 6.54 Å². The first-order valence-electron chi connectivity index (χ1n) is 6.15. The van der Waals surface area contributed by atoms with Crippen LogP contribution in [0.3, 0.4) is 0 Å². The van der Waals surface area contributed by atoms with Crippen LogP contribution in [0.1, 0.15) is 10.4 Å². The summed E-state index contributed by atoms with van der Waals surface area (Å²) in [6.07, 6.45) is 0. The molecule has 0 radical (unpaired) electrons. The fourth-order valence-corrected chi connectivity index (χ4v) is 2.40. The van der Waals surface area contributed by atoms with Crippen LogP contribution in [-0.2, 0) is 6.54 Å². The summed E-state index contributed by atoms with van der Waals surface area (Å²) in [6.45, 7) is 0.108. The van der Waals surface area contributed by atoms with Crippen LogP contribution in [0.2, 0.25) is 0 Å². The van der Waals surface area contributed by atoms with Crippen molar-refractivity contribution in [1.29, 1.82) is 0 Å². The fourth-order valence-electron chi connectivity index (χ4n) is 1.63. The lowest BCUT2D eigenvalue weighted by Gasteiger charge is -2.07. The van der Waals surface area contributed by atoms with Crippen LogP contribution in [-0.4, -0.2) is 17.7 Å². The zero-order chi connectivity index (χ0) is 15.1. The van der Waals surface area contributed by atoms with E-state index in [9.17, 15) is 9.18 Å². The summed E-state index contributed by atoms with van der Waals surface area (Å²) >= 11 is 1.46. The number of benzene rings is 1. The third-order valence-corrected chi connectivity index (χ3v) is 3.46. The van der Waals surface area contributed by atoms with E-state index in [1.807, 2.05) is 11.4 Å². The highest BCUT2D eigenvalue weighted by molar-refractivity contribution is 7.10. The molecular weight excluding hydrogens is 291 g/mol. The molecule has 21 heavy (non-hydrogen) atoms. The Hall–Kier alpha value is -2.36. The summed E-state index contributed by atoms with van der Waals surface area (Å²) in [5.41, 5.74) is 1.17. The molecule has 2 aromatic rings. The summed E-state index contributed by atoms with van der Waals surface area (Å²) in [5, 5.41) is 15.8. The van der Waals surface area contributed by atoms with Crippen molar-refractivity contribution in [1.82, 2.24) is 5.32 Å². The van der Waals surface area contributed by atoms with Gasteiger partial charge in [-0.2, -0.15) is 0 Å². The largest absolute Gasteiger partial charge is 0.384 e. The molecule has 0 unspecified atom stereocenters. The van der Waals surface area contributed by atoms with Crippen LogP contribution in [0.5, 0.6) is 0 Å². The molecule has 0 saturated heterocycles. The van der Waals surface area contributed by atoms with Crippen LogP contribution < -0.4 is 10.6 Å². The van der Waals surface area contributed by atoms with Crippen LogP contribution in [0.15, 0.2) is 35.7 Å². The molecular formula is C15H13FN2O2S. The van der Waals surface area contributed by atoms with Crippen molar-refractivity contribution < 1.29 is 14.3 Å². The first-order valence-corrected chi connectivity index (χ1v) is 7.03. The summed E-state index contributed by atoms with van der Waals surface area (Å²) in [6, 6.07) is 7.08. The molecule has 0 aliphatic carbocycles. The van der Waals surface area contributed by atoms with Crippen LogP contribution in [0, 0.1) is 17.7 Å². The second-order valence-electron chi connectivity index (χ2n) is 4.04. The summed E-state index contributed by atoms with van der Waals surface area (Å²) < 4.78 is 13.0. The third kappa shape index (κ3) is 4.60. The monoisotopic (exact) mass is 304 g/mol. The van der Waals surface area contributed by atoms with Gasteiger partial charge in [-0.3, -0.25) is 0 Å². The number of hydrogen-bond donors (Lipinski definition) is 3. The Bertz CT molecular complexity index is 688. The van der Waals surface area contributed by atoms with E-state index in [1.165, 1.54) is 29.5 Å². The molecule has 0 saturated carbocycles. The summed E-state index contributed by atoms with van der Waals surface area (Å²) in [7, 11) is 0. The molecule has 2 amide bonds. The number of thiophene rings is 1. The first kappa shape index (κ1) is 15.0. The van der Waals surface area contributed by atoms with Crippen LogP contribution in [0.25, 0.3) is 0 Å². The Morgan fingerprint density at radius 2 is 2.24 bits per heavy atom. The Labute approximate surface area is 125 Å². The minimum absolute atomic E-state index is 0.206. The lowest BCUT2D eigenvalue weighted by molar-refractivity contribution is 0.252. The molecule has 3 N–H and O–H groups in total. The first-order chi connectivity index (χ1) is 10.2. The highest BCUT2D eigenvalue weighted by Crippen LogP contribution is 2.15. The number of halogens is 1. The molecule has 0 atom stereocenters. The Morgan fingerprint density at radius 3 is 3.00 bits per heavy atom. The Balaban J connectivity index is 1.91. The number of rotatable bonds is 3. The lowest BCUT2D eigenvalue weighted by Crippen LogP contribution is -2.28. The van der Waals surface area contributed by atoms with Gasteiger partial charge in [0.15, 0.2) is 0 Å². The van der Waals surface area contributed by atoms with Gasteiger partial charge >= 0.3 is 6.03 Å². The third-order valence-electron chi connectivity index (χ3n) is 2.54. The van der Waals surface area contributed by atoms with Crippen molar-refractivity contribution in [2.24, 2.45) is 0 Å². The molecule has 2 rings (SSSR count). The van der Waals surface area contributed by atoms with Crippen molar-refractivity contribution in [3.05, 3.63) is 52.0 Å².